The van der Waals surface area contributed by atoms with Gasteiger partial charge in [0.25, 0.3) is 0 Å². The second-order valence-electron chi connectivity index (χ2n) is 10.6. The molecule has 0 saturated carbocycles. The van der Waals surface area contributed by atoms with Crippen molar-refractivity contribution >= 4 is 25.1 Å². The van der Waals surface area contributed by atoms with Crippen molar-refractivity contribution in [3.63, 3.8) is 0 Å². The zero-order chi connectivity index (χ0) is 24.6. The molecule has 0 saturated heterocycles. The molecule has 2 aliphatic carbocycles. The van der Waals surface area contributed by atoms with Crippen molar-refractivity contribution in [2.45, 2.75) is 75.7 Å². The Hall–Kier alpha value is -0.440. The summed E-state index contributed by atoms with van der Waals surface area (Å²) in [5.41, 5.74) is 7.27. The molecule has 36 heavy (non-hydrogen) atoms. The van der Waals surface area contributed by atoms with Crippen LogP contribution in [0.25, 0.3) is 11.1 Å². The first-order valence-corrected chi connectivity index (χ1v) is 21.6. The molecule has 0 heterocycles. The molecule has 2 aromatic rings. The standard InChI is InChI=1S/C29H38OSi.2CH3.2ClH.Zr/c1-29(2,3)30-21-13-5-6-14-22-31(4,23-15-7-8-16-23)28-26-19-11-9-17-24(26)25-18-10-12-20-27(25)28;;;;;/h7-12,15-20,23,28H,5-6,13-14,21-22H2,1-4H3;2*1H3;2*1H;/q;2*-1;;;+4/p-2. The zero-order valence-electron chi connectivity index (χ0n) is 23.0. The minimum atomic E-state index is -1.69. The average Bonchev–Trinajstić information content (AvgIpc) is 3.45. The predicted molar refractivity (Wildman–Crippen MR) is 161 cm³/mol. The van der Waals surface area contributed by atoms with Gasteiger partial charge >= 0.3 is 37.9 Å². The van der Waals surface area contributed by atoms with Crippen LogP contribution in [0.3, 0.4) is 0 Å². The molecule has 0 spiro atoms. The molecule has 196 valence electrons. The number of hydrogen-bond acceptors (Lipinski definition) is 1. The van der Waals surface area contributed by atoms with Gasteiger partial charge in [-0.2, -0.15) is 0 Å². The van der Waals surface area contributed by atoms with Crippen molar-refractivity contribution in [3.05, 3.63) is 98.8 Å². The van der Waals surface area contributed by atoms with E-state index in [4.69, 9.17) is 21.8 Å². The van der Waals surface area contributed by atoms with E-state index in [9.17, 15) is 0 Å². The summed E-state index contributed by atoms with van der Waals surface area (Å²) in [6.07, 6.45) is 14.6. The van der Waals surface area contributed by atoms with Crippen LogP contribution in [0.2, 0.25) is 18.1 Å². The van der Waals surface area contributed by atoms with Crippen LogP contribution in [0, 0.1) is 14.9 Å². The summed E-state index contributed by atoms with van der Waals surface area (Å²) in [4.78, 5) is 0. The van der Waals surface area contributed by atoms with Crippen LogP contribution in [-0.4, -0.2) is 20.3 Å². The molecule has 1 unspecified atom stereocenters. The van der Waals surface area contributed by atoms with Crippen LogP contribution >= 0.6 is 17.0 Å². The number of ether oxygens (including phenoxy) is 1. The van der Waals surface area contributed by atoms with Crippen LogP contribution in [0.1, 0.15) is 63.1 Å². The zero-order valence-corrected chi connectivity index (χ0v) is 28.0. The Kier molecular flexibility index (Phi) is 14.8. The monoisotopic (exact) mass is 620 g/mol. The van der Waals surface area contributed by atoms with E-state index >= 15 is 0 Å². The summed E-state index contributed by atoms with van der Waals surface area (Å²) in [6.45, 7) is 9.98. The summed E-state index contributed by atoms with van der Waals surface area (Å²) in [6, 6.07) is 19.7. The third-order valence-corrected chi connectivity index (χ3v) is 12.4. The second-order valence-corrected chi connectivity index (χ2v) is 19.1. The van der Waals surface area contributed by atoms with E-state index in [1.54, 1.807) is 11.1 Å². The van der Waals surface area contributed by atoms with E-state index in [2.05, 4.69) is 100 Å². The van der Waals surface area contributed by atoms with Gasteiger partial charge in [0, 0.05) is 12.1 Å². The number of halogens is 2. The molecule has 0 aliphatic heterocycles. The van der Waals surface area contributed by atoms with Crippen LogP contribution in [-0.2, 0) is 25.6 Å². The molecule has 0 radical (unpaired) electrons. The van der Waals surface area contributed by atoms with Crippen molar-refractivity contribution in [2.24, 2.45) is 0 Å². The number of hydrogen-bond donors (Lipinski definition) is 0. The van der Waals surface area contributed by atoms with Gasteiger partial charge in [0.1, 0.15) is 0 Å². The van der Waals surface area contributed by atoms with Gasteiger partial charge in [0.05, 0.1) is 13.7 Å². The Balaban J connectivity index is 0.00000123. The maximum absolute atomic E-state index is 5.91. The van der Waals surface area contributed by atoms with Crippen molar-refractivity contribution < 1.29 is 25.6 Å². The normalized spacial score (nSPS) is 15.5. The topological polar surface area (TPSA) is 9.23 Å². The Morgan fingerprint density at radius 1 is 0.806 bits per heavy atom. The van der Waals surface area contributed by atoms with E-state index in [1.807, 2.05) is 0 Å². The summed E-state index contributed by atoms with van der Waals surface area (Å²) in [5.74, 6) is 0. The second kappa shape index (κ2) is 15.8. The molecule has 1 nitrogen and oxygen atoms in total. The molecule has 2 aliphatic rings. The molecular formula is C31H44Cl2OSiZr. The molecule has 2 aromatic carbocycles. The molecule has 0 N–H and O–H groups in total. The van der Waals surface area contributed by atoms with Gasteiger partial charge < -0.3 is 19.6 Å². The van der Waals surface area contributed by atoms with Gasteiger partial charge in [0.15, 0.2) is 0 Å². The summed E-state index contributed by atoms with van der Waals surface area (Å²) in [5, 5.41) is 0. The van der Waals surface area contributed by atoms with E-state index < -0.39 is 28.9 Å². The van der Waals surface area contributed by atoms with Gasteiger partial charge in [0.2, 0.25) is 0 Å². The fourth-order valence-corrected chi connectivity index (χ4v) is 10.6. The van der Waals surface area contributed by atoms with Gasteiger partial charge in [-0.05, 0) is 55.0 Å². The Labute approximate surface area is 241 Å². The summed E-state index contributed by atoms with van der Waals surface area (Å²) >= 11 is -0.826. The Bertz CT molecular complexity index is 927. The molecule has 0 fully saturated rings. The number of benzene rings is 2. The quantitative estimate of drug-likeness (QED) is 0.154. The van der Waals surface area contributed by atoms with E-state index in [0.29, 0.717) is 11.1 Å². The number of fused-ring (bicyclic) bond motifs is 3. The SMILES string of the molecule is CC(C)(C)OCCCCCC[Si](C)(C1C=CC=C1)C1c2ccccc2-c2ccccc21.[CH3-].[CH3-].[Cl][Zr+2][Cl]. The molecule has 5 heteroatoms. The van der Waals surface area contributed by atoms with Crippen LogP contribution < -0.4 is 0 Å². The minimum absolute atomic E-state index is 0. The first kappa shape index (κ1) is 33.6. The molecule has 0 aromatic heterocycles. The van der Waals surface area contributed by atoms with Crippen LogP contribution in [0.5, 0.6) is 0 Å². The molecule has 0 bridgehead atoms. The van der Waals surface area contributed by atoms with E-state index in [0.717, 1.165) is 6.61 Å². The van der Waals surface area contributed by atoms with Crippen molar-refractivity contribution in [2.75, 3.05) is 6.61 Å². The number of unbranched alkanes of at least 4 members (excludes halogenated alkanes) is 3. The first-order valence-electron chi connectivity index (χ1n) is 12.5. The van der Waals surface area contributed by atoms with Crippen molar-refractivity contribution in [3.8, 4) is 11.1 Å². The molecule has 1 atom stereocenters. The van der Waals surface area contributed by atoms with Crippen LogP contribution in [0.15, 0.2) is 72.8 Å². The van der Waals surface area contributed by atoms with E-state index in [-0.39, 0.29) is 20.5 Å². The van der Waals surface area contributed by atoms with Crippen LogP contribution in [0.4, 0.5) is 0 Å². The number of allylic oxidation sites excluding steroid dienone is 4. The third-order valence-electron chi connectivity index (χ3n) is 7.15. The third kappa shape index (κ3) is 8.54. The fraction of sp³-hybridized carbons (Fsp3) is 0.419. The van der Waals surface area contributed by atoms with Gasteiger partial charge in [-0.25, -0.2) is 0 Å². The fourth-order valence-electron chi connectivity index (χ4n) is 5.58. The Morgan fingerprint density at radius 3 is 1.78 bits per heavy atom. The maximum atomic E-state index is 5.91. The summed E-state index contributed by atoms with van der Waals surface area (Å²) in [7, 11) is 8.18. The van der Waals surface area contributed by atoms with E-state index in [1.165, 1.54) is 42.9 Å². The average molecular weight is 623 g/mol. The van der Waals surface area contributed by atoms with Crippen molar-refractivity contribution in [1.82, 2.24) is 0 Å². The number of rotatable bonds is 9. The predicted octanol–water partition coefficient (Wildman–Crippen LogP) is 10.6. The first-order chi connectivity index (χ1) is 16.3. The van der Waals surface area contributed by atoms with Crippen molar-refractivity contribution in [1.29, 1.82) is 0 Å². The summed E-state index contributed by atoms with van der Waals surface area (Å²) < 4.78 is 5.91. The molecule has 0 amide bonds. The Morgan fingerprint density at radius 2 is 1.28 bits per heavy atom. The van der Waals surface area contributed by atoms with Gasteiger partial charge in [-0.1, -0.05) is 105 Å². The molecule has 4 rings (SSSR count). The van der Waals surface area contributed by atoms with Gasteiger partial charge in [-0.3, -0.25) is 0 Å². The van der Waals surface area contributed by atoms with Gasteiger partial charge in [-0.15, -0.1) is 0 Å². The molecular weight excluding hydrogens is 579 g/mol.